The molecule has 5 heteroatoms. The van der Waals surface area contributed by atoms with Crippen molar-refractivity contribution < 1.29 is 9.90 Å². The Morgan fingerprint density at radius 3 is 2.26 bits per heavy atom. The van der Waals surface area contributed by atoms with Crippen molar-refractivity contribution in [1.29, 1.82) is 5.41 Å². The molecular formula is C14H21ClN2O2. The van der Waals surface area contributed by atoms with Crippen LogP contribution in [0, 0.1) is 5.41 Å². The second kappa shape index (κ2) is 10.5. The van der Waals surface area contributed by atoms with Crippen LogP contribution in [0.1, 0.15) is 18.4 Å². The summed E-state index contributed by atoms with van der Waals surface area (Å²) in [4.78, 5) is 10.8. The van der Waals surface area contributed by atoms with Gasteiger partial charge in [-0.15, -0.1) is 12.4 Å². The van der Waals surface area contributed by atoms with Crippen LogP contribution < -0.4 is 0 Å². The molecule has 2 N–H and O–H groups in total. The highest BCUT2D eigenvalue weighted by Crippen LogP contribution is 2.07. The van der Waals surface area contributed by atoms with Gasteiger partial charge in [-0.3, -0.25) is 4.79 Å². The molecule has 1 aromatic carbocycles. The van der Waals surface area contributed by atoms with Crippen LogP contribution in [0.15, 0.2) is 30.3 Å². The van der Waals surface area contributed by atoms with E-state index in [1.54, 1.807) is 0 Å². The number of piperidine rings is 1. The van der Waals surface area contributed by atoms with Gasteiger partial charge in [0, 0.05) is 25.3 Å². The fraction of sp³-hybridized carbons (Fsp3) is 0.429. The van der Waals surface area contributed by atoms with Gasteiger partial charge < -0.3 is 15.4 Å². The molecule has 0 saturated carbocycles. The minimum absolute atomic E-state index is 0. The van der Waals surface area contributed by atoms with Crippen LogP contribution in [0.2, 0.25) is 0 Å². The molecule has 0 aliphatic carbocycles. The lowest BCUT2D eigenvalue weighted by molar-refractivity contribution is -0.122. The second-order valence-corrected chi connectivity index (χ2v) is 4.29. The Balaban J connectivity index is 0.000000742. The van der Waals surface area contributed by atoms with Gasteiger partial charge in [0.15, 0.2) is 0 Å². The lowest BCUT2D eigenvalue weighted by atomic mass is 10.1. The largest absolute Gasteiger partial charge is 0.483 e. The van der Waals surface area contributed by atoms with E-state index in [0.717, 1.165) is 44.6 Å². The van der Waals surface area contributed by atoms with Crippen molar-refractivity contribution in [3.8, 4) is 0 Å². The summed E-state index contributed by atoms with van der Waals surface area (Å²) in [6.45, 7) is 3.04. The van der Waals surface area contributed by atoms with Crippen LogP contribution in [-0.4, -0.2) is 41.8 Å². The minimum atomic E-state index is -0.250. The SMILES string of the molecule is Cl.N=C1CCN(CCc2ccccc2)CC1.O=CO. The fourth-order valence-corrected chi connectivity index (χ4v) is 1.98. The van der Waals surface area contributed by atoms with Gasteiger partial charge in [0.1, 0.15) is 0 Å². The molecule has 0 radical (unpaired) electrons. The lowest BCUT2D eigenvalue weighted by Crippen LogP contribution is -2.34. The Hall–Kier alpha value is -1.39. The molecule has 0 bridgehead atoms. The molecule has 1 aliphatic heterocycles. The highest BCUT2D eigenvalue weighted by Gasteiger charge is 2.12. The fourth-order valence-electron chi connectivity index (χ4n) is 1.98. The van der Waals surface area contributed by atoms with Crippen LogP contribution in [0.5, 0.6) is 0 Å². The molecule has 2 rings (SSSR count). The smallest absolute Gasteiger partial charge is 0.290 e. The average molecular weight is 285 g/mol. The predicted molar refractivity (Wildman–Crippen MR) is 79.5 cm³/mol. The Morgan fingerprint density at radius 1 is 1.21 bits per heavy atom. The molecule has 0 amide bonds. The van der Waals surface area contributed by atoms with Crippen LogP contribution in [-0.2, 0) is 11.2 Å². The number of carbonyl (C=O) groups is 1. The molecule has 1 saturated heterocycles. The maximum atomic E-state index is 8.36. The van der Waals surface area contributed by atoms with Gasteiger partial charge in [0.2, 0.25) is 0 Å². The van der Waals surface area contributed by atoms with Crippen molar-refractivity contribution in [2.75, 3.05) is 19.6 Å². The van der Waals surface area contributed by atoms with E-state index in [1.807, 2.05) is 0 Å². The number of likely N-dealkylation sites (tertiary alicyclic amines) is 1. The van der Waals surface area contributed by atoms with Gasteiger partial charge in [-0.1, -0.05) is 30.3 Å². The van der Waals surface area contributed by atoms with Gasteiger partial charge in [0.25, 0.3) is 6.47 Å². The number of carboxylic acid groups (broad SMARTS) is 1. The molecular weight excluding hydrogens is 264 g/mol. The Kier molecular flexibility index (Phi) is 9.75. The number of nitrogens with zero attached hydrogens (tertiary/aromatic N) is 1. The molecule has 0 unspecified atom stereocenters. The zero-order valence-electron chi connectivity index (χ0n) is 10.9. The maximum Gasteiger partial charge on any atom is 0.290 e. The van der Waals surface area contributed by atoms with E-state index >= 15 is 0 Å². The number of benzene rings is 1. The summed E-state index contributed by atoms with van der Waals surface area (Å²) in [5, 5.41) is 14.4. The normalized spacial score (nSPS) is 14.8. The molecule has 1 fully saturated rings. The zero-order chi connectivity index (χ0) is 13.2. The van der Waals surface area contributed by atoms with Crippen LogP contribution >= 0.6 is 12.4 Å². The quantitative estimate of drug-likeness (QED) is 0.838. The summed E-state index contributed by atoms with van der Waals surface area (Å²) in [6, 6.07) is 10.6. The van der Waals surface area contributed by atoms with E-state index in [9.17, 15) is 0 Å². The van der Waals surface area contributed by atoms with Gasteiger partial charge >= 0.3 is 0 Å². The molecule has 19 heavy (non-hydrogen) atoms. The molecule has 4 nitrogen and oxygen atoms in total. The van der Waals surface area contributed by atoms with Crippen molar-refractivity contribution in [3.63, 3.8) is 0 Å². The minimum Gasteiger partial charge on any atom is -0.483 e. The van der Waals surface area contributed by atoms with Gasteiger partial charge in [-0.05, 0) is 24.8 Å². The summed E-state index contributed by atoms with van der Waals surface area (Å²) in [6.07, 6.45) is 3.07. The molecule has 1 aliphatic rings. The van der Waals surface area contributed by atoms with Crippen molar-refractivity contribution in [2.45, 2.75) is 19.3 Å². The van der Waals surface area contributed by atoms with Crippen molar-refractivity contribution in [2.24, 2.45) is 0 Å². The average Bonchev–Trinajstić information content (AvgIpc) is 2.40. The summed E-state index contributed by atoms with van der Waals surface area (Å²) in [7, 11) is 0. The van der Waals surface area contributed by atoms with Crippen LogP contribution in [0.25, 0.3) is 0 Å². The van der Waals surface area contributed by atoms with Crippen molar-refractivity contribution in [3.05, 3.63) is 35.9 Å². The van der Waals surface area contributed by atoms with Gasteiger partial charge in [-0.25, -0.2) is 0 Å². The first-order chi connectivity index (χ1) is 8.76. The first kappa shape index (κ1) is 17.6. The Bertz CT molecular complexity index is 361. The van der Waals surface area contributed by atoms with E-state index in [2.05, 4.69) is 35.2 Å². The van der Waals surface area contributed by atoms with E-state index in [4.69, 9.17) is 15.3 Å². The van der Waals surface area contributed by atoms with E-state index in [-0.39, 0.29) is 18.9 Å². The summed E-state index contributed by atoms with van der Waals surface area (Å²) in [5.41, 5.74) is 2.34. The highest BCUT2D eigenvalue weighted by molar-refractivity contribution is 5.85. The van der Waals surface area contributed by atoms with Crippen molar-refractivity contribution in [1.82, 2.24) is 4.90 Å². The van der Waals surface area contributed by atoms with E-state index in [1.165, 1.54) is 5.56 Å². The van der Waals surface area contributed by atoms with Gasteiger partial charge in [0.05, 0.1) is 0 Å². The number of halogens is 1. The molecule has 0 spiro atoms. The third kappa shape index (κ3) is 7.59. The summed E-state index contributed by atoms with van der Waals surface area (Å²) >= 11 is 0. The predicted octanol–water partition coefficient (Wildman–Crippen LogP) is 2.47. The summed E-state index contributed by atoms with van der Waals surface area (Å²) < 4.78 is 0. The lowest BCUT2D eigenvalue weighted by Gasteiger charge is -2.26. The third-order valence-corrected chi connectivity index (χ3v) is 3.02. The molecule has 0 atom stereocenters. The third-order valence-electron chi connectivity index (χ3n) is 3.02. The first-order valence-electron chi connectivity index (χ1n) is 6.16. The molecule has 106 valence electrons. The standard InChI is InChI=1S/C13H18N2.CH2O2.ClH/c14-13-7-10-15(11-8-13)9-6-12-4-2-1-3-5-12;2-1-3;/h1-5,14H,6-11H2;1H,(H,2,3);1H. The number of hydrogen-bond acceptors (Lipinski definition) is 3. The topological polar surface area (TPSA) is 64.4 Å². The monoisotopic (exact) mass is 284 g/mol. The van der Waals surface area contributed by atoms with E-state index < -0.39 is 0 Å². The second-order valence-electron chi connectivity index (χ2n) is 4.29. The number of hydrogen-bond donors (Lipinski definition) is 2. The molecule has 0 aromatic heterocycles. The number of rotatable bonds is 3. The van der Waals surface area contributed by atoms with Crippen molar-refractivity contribution >= 4 is 24.6 Å². The first-order valence-corrected chi connectivity index (χ1v) is 6.16. The van der Waals surface area contributed by atoms with Gasteiger partial charge in [-0.2, -0.15) is 0 Å². The van der Waals surface area contributed by atoms with Crippen LogP contribution in [0.4, 0.5) is 0 Å². The maximum absolute atomic E-state index is 8.36. The molecule has 1 heterocycles. The number of nitrogens with one attached hydrogen (secondary N) is 1. The van der Waals surface area contributed by atoms with E-state index in [0.29, 0.717) is 0 Å². The summed E-state index contributed by atoms with van der Waals surface area (Å²) in [5.74, 6) is 0. The Morgan fingerprint density at radius 2 is 1.74 bits per heavy atom. The van der Waals surface area contributed by atoms with Crippen LogP contribution in [0.3, 0.4) is 0 Å². The Labute approximate surface area is 120 Å². The molecule has 1 aromatic rings. The highest BCUT2D eigenvalue weighted by atomic mass is 35.5. The zero-order valence-corrected chi connectivity index (χ0v) is 11.7.